The molecule has 3 nitrogen and oxygen atoms in total. The smallest absolute Gasteiger partial charge is 0.333 e. The highest BCUT2D eigenvalue weighted by molar-refractivity contribution is 6.48. The molecule has 4 heteroatoms. The summed E-state index contributed by atoms with van der Waals surface area (Å²) in [4.78, 5) is 11.0. The summed E-state index contributed by atoms with van der Waals surface area (Å²) >= 11 is 0. The molecule has 0 saturated carbocycles. The molecule has 0 aromatic rings. The van der Waals surface area contributed by atoms with Crippen LogP contribution in [0.5, 0.6) is 0 Å². The molecular formula is C9H18O3Si. The van der Waals surface area contributed by atoms with Crippen LogP contribution in [0.3, 0.4) is 0 Å². The van der Waals surface area contributed by atoms with E-state index >= 15 is 0 Å². The van der Waals surface area contributed by atoms with E-state index < -0.39 is 9.04 Å². The largest absolute Gasteiger partial charge is 0.460 e. The zero-order chi connectivity index (χ0) is 10.4. The number of carbonyl (C=O) groups excluding carboxylic acids is 1. The summed E-state index contributed by atoms with van der Waals surface area (Å²) in [6.07, 6.45) is -0.00466. The van der Waals surface area contributed by atoms with Crippen LogP contribution in [0, 0.1) is 0 Å². The van der Waals surface area contributed by atoms with Crippen molar-refractivity contribution in [1.82, 2.24) is 0 Å². The Hall–Kier alpha value is -0.613. The van der Waals surface area contributed by atoms with Gasteiger partial charge in [-0.3, -0.25) is 0 Å². The van der Waals surface area contributed by atoms with E-state index in [0.717, 1.165) is 0 Å². The summed E-state index contributed by atoms with van der Waals surface area (Å²) in [7, 11) is -1.03. The molecule has 0 aliphatic heterocycles. The van der Waals surface area contributed by atoms with Crippen molar-refractivity contribution in [2.45, 2.75) is 33.0 Å². The van der Waals surface area contributed by atoms with Crippen LogP contribution >= 0.6 is 0 Å². The lowest BCUT2D eigenvalue weighted by molar-refractivity contribution is -0.141. The van der Waals surface area contributed by atoms with Gasteiger partial charge in [-0.2, -0.15) is 0 Å². The second-order valence-electron chi connectivity index (χ2n) is 3.37. The molecule has 1 unspecified atom stereocenters. The Bertz CT molecular complexity index is 189. The van der Waals surface area contributed by atoms with Gasteiger partial charge < -0.3 is 9.16 Å². The summed E-state index contributed by atoms with van der Waals surface area (Å²) in [6.45, 7) is 11.5. The van der Waals surface area contributed by atoms with E-state index in [-0.39, 0.29) is 12.1 Å². The minimum atomic E-state index is -1.03. The zero-order valence-electron chi connectivity index (χ0n) is 8.79. The molecule has 0 amide bonds. The van der Waals surface area contributed by atoms with Crippen LogP contribution in [0.15, 0.2) is 12.2 Å². The first-order valence-corrected chi connectivity index (χ1v) is 7.19. The second-order valence-corrected chi connectivity index (χ2v) is 5.74. The van der Waals surface area contributed by atoms with Crippen molar-refractivity contribution in [3.63, 3.8) is 0 Å². The van der Waals surface area contributed by atoms with E-state index in [0.29, 0.717) is 12.2 Å². The van der Waals surface area contributed by atoms with Gasteiger partial charge in [-0.05, 0) is 26.9 Å². The van der Waals surface area contributed by atoms with Crippen LogP contribution in [0.4, 0.5) is 0 Å². The number of rotatable bonds is 5. The molecular weight excluding hydrogens is 184 g/mol. The first kappa shape index (κ1) is 12.4. The summed E-state index contributed by atoms with van der Waals surface area (Å²) in [5.41, 5.74) is 0.425. The Morgan fingerprint density at radius 2 is 2.08 bits per heavy atom. The van der Waals surface area contributed by atoms with Crippen molar-refractivity contribution in [3.05, 3.63) is 12.2 Å². The maximum absolute atomic E-state index is 11.0. The Kier molecular flexibility index (Phi) is 5.66. The van der Waals surface area contributed by atoms with Crippen LogP contribution in [-0.2, 0) is 14.0 Å². The van der Waals surface area contributed by atoms with Gasteiger partial charge in [0.25, 0.3) is 0 Å². The molecule has 0 saturated heterocycles. The molecule has 76 valence electrons. The van der Waals surface area contributed by atoms with Crippen LogP contribution in [0.1, 0.15) is 13.8 Å². The van der Waals surface area contributed by atoms with E-state index in [1.165, 1.54) is 0 Å². The van der Waals surface area contributed by atoms with Crippen molar-refractivity contribution in [2.24, 2.45) is 0 Å². The summed E-state index contributed by atoms with van der Waals surface area (Å²) in [5, 5.41) is 0. The number of carbonyl (C=O) groups is 1. The van der Waals surface area contributed by atoms with Crippen molar-refractivity contribution >= 4 is 15.0 Å². The number of hydrogen-bond acceptors (Lipinski definition) is 3. The Morgan fingerprint density at radius 3 is 2.46 bits per heavy atom. The number of ether oxygens (including phenoxy) is 1. The van der Waals surface area contributed by atoms with Gasteiger partial charge in [0.05, 0.1) is 6.10 Å². The fourth-order valence-corrected chi connectivity index (χ4v) is 1.83. The standard InChI is InChI=1S/C9H18O3Si/c1-7(2)9(10)11-6-8(3)12-13(4)5/h8,13H,1,6H2,2-5H3. The predicted molar refractivity (Wildman–Crippen MR) is 55.2 cm³/mol. The molecule has 1 atom stereocenters. The van der Waals surface area contributed by atoms with Gasteiger partial charge in [0.1, 0.15) is 6.61 Å². The van der Waals surface area contributed by atoms with Gasteiger partial charge in [0.2, 0.25) is 0 Å². The van der Waals surface area contributed by atoms with Crippen LogP contribution in [-0.4, -0.2) is 27.7 Å². The van der Waals surface area contributed by atoms with Crippen molar-refractivity contribution < 1.29 is 14.0 Å². The van der Waals surface area contributed by atoms with Crippen LogP contribution < -0.4 is 0 Å². The lowest BCUT2D eigenvalue weighted by Crippen LogP contribution is -2.24. The Labute approximate surface area is 81.5 Å². The quantitative estimate of drug-likeness (QED) is 0.385. The van der Waals surface area contributed by atoms with E-state index in [9.17, 15) is 4.79 Å². The molecule has 0 fully saturated rings. The van der Waals surface area contributed by atoms with Crippen molar-refractivity contribution in [2.75, 3.05) is 6.61 Å². The van der Waals surface area contributed by atoms with E-state index in [1.54, 1.807) is 6.92 Å². The fourth-order valence-electron chi connectivity index (χ4n) is 0.820. The van der Waals surface area contributed by atoms with E-state index in [4.69, 9.17) is 9.16 Å². The molecule has 0 aliphatic rings. The molecule has 0 spiro atoms. The maximum atomic E-state index is 11.0. The summed E-state index contributed by atoms with van der Waals surface area (Å²) < 4.78 is 10.4. The third-order valence-corrected chi connectivity index (χ3v) is 2.31. The van der Waals surface area contributed by atoms with Crippen LogP contribution in [0.25, 0.3) is 0 Å². The van der Waals surface area contributed by atoms with Gasteiger partial charge in [-0.25, -0.2) is 4.79 Å². The fraction of sp³-hybridized carbons (Fsp3) is 0.667. The van der Waals surface area contributed by atoms with Gasteiger partial charge in [-0.15, -0.1) is 0 Å². The van der Waals surface area contributed by atoms with Gasteiger partial charge >= 0.3 is 5.97 Å². The SMILES string of the molecule is C=C(C)C(=O)OCC(C)O[SiH](C)C. The van der Waals surface area contributed by atoms with Gasteiger partial charge in [-0.1, -0.05) is 6.58 Å². The number of hydrogen-bond donors (Lipinski definition) is 0. The first-order chi connectivity index (χ1) is 5.93. The molecule has 0 radical (unpaired) electrons. The van der Waals surface area contributed by atoms with E-state index in [1.807, 2.05) is 6.92 Å². The second kappa shape index (κ2) is 5.94. The maximum Gasteiger partial charge on any atom is 0.333 e. The lowest BCUT2D eigenvalue weighted by Gasteiger charge is -2.15. The Morgan fingerprint density at radius 1 is 1.54 bits per heavy atom. The molecule has 0 N–H and O–H groups in total. The Balaban J connectivity index is 3.64. The summed E-state index contributed by atoms with van der Waals surface area (Å²) in [6, 6.07) is 0. The zero-order valence-corrected chi connectivity index (χ0v) is 9.95. The first-order valence-electron chi connectivity index (χ1n) is 4.41. The normalized spacial score (nSPS) is 12.7. The molecule has 0 heterocycles. The van der Waals surface area contributed by atoms with Gasteiger partial charge in [0, 0.05) is 5.57 Å². The molecule has 0 aromatic heterocycles. The van der Waals surface area contributed by atoms with Crippen molar-refractivity contribution in [3.8, 4) is 0 Å². The minimum Gasteiger partial charge on any atom is -0.460 e. The molecule has 0 aromatic carbocycles. The monoisotopic (exact) mass is 202 g/mol. The third kappa shape index (κ3) is 6.54. The van der Waals surface area contributed by atoms with E-state index in [2.05, 4.69) is 19.7 Å². The highest BCUT2D eigenvalue weighted by atomic mass is 28.3. The van der Waals surface area contributed by atoms with Crippen LogP contribution in [0.2, 0.25) is 13.1 Å². The molecule has 0 rings (SSSR count). The third-order valence-electron chi connectivity index (χ3n) is 1.30. The highest BCUT2D eigenvalue weighted by Crippen LogP contribution is 1.98. The van der Waals surface area contributed by atoms with Crippen molar-refractivity contribution in [1.29, 1.82) is 0 Å². The minimum absolute atomic E-state index is 0.00466. The van der Waals surface area contributed by atoms with Gasteiger partial charge in [0.15, 0.2) is 9.04 Å². The number of esters is 1. The molecule has 0 aliphatic carbocycles. The molecule has 13 heavy (non-hydrogen) atoms. The molecule has 0 bridgehead atoms. The lowest BCUT2D eigenvalue weighted by atomic mass is 10.3. The summed E-state index contributed by atoms with van der Waals surface area (Å²) in [5.74, 6) is -0.346. The average Bonchev–Trinajstić information content (AvgIpc) is 1.98. The topological polar surface area (TPSA) is 35.5 Å². The average molecular weight is 202 g/mol. The highest BCUT2D eigenvalue weighted by Gasteiger charge is 2.09. The predicted octanol–water partition coefficient (Wildman–Crippen LogP) is 1.49.